The molecule has 0 fully saturated rings. The Kier molecular flexibility index (Phi) is 2.50. The van der Waals surface area contributed by atoms with E-state index in [1.807, 2.05) is 0 Å². The van der Waals surface area contributed by atoms with Crippen molar-refractivity contribution in [2.75, 3.05) is 0 Å². The zero-order chi connectivity index (χ0) is 10.1. The van der Waals surface area contributed by atoms with Gasteiger partial charge in [-0.15, -0.1) is 0 Å². The molecule has 0 saturated heterocycles. The monoisotopic (exact) mass is 260 g/mol. The average molecular weight is 261 g/mol. The summed E-state index contributed by atoms with van der Waals surface area (Å²) in [5.41, 5.74) is 2.19. The molecule has 1 aromatic heterocycles. The number of nitrogens with one attached hydrogen (secondary N) is 1. The molecule has 5 heteroatoms. The number of aromatic amines is 1. The molecule has 2 rings (SSSR count). The van der Waals surface area contributed by atoms with Gasteiger partial charge < -0.3 is 4.98 Å². The maximum Gasteiger partial charge on any atom is 0.263 e. The third-order valence-electron chi connectivity index (χ3n) is 2.02. The average Bonchev–Trinajstić information content (AvgIpc) is 2.63. The molecule has 0 aliphatic heterocycles. The summed E-state index contributed by atoms with van der Waals surface area (Å²) in [6, 6.07) is 2.90. The fourth-order valence-corrected chi connectivity index (χ4v) is 1.80. The zero-order valence-electron chi connectivity index (χ0n) is 7.10. The molecule has 0 atom stereocenters. The predicted octanol–water partition coefficient (Wildman–Crippen LogP) is 3.40. The van der Waals surface area contributed by atoms with Gasteiger partial charge in [0.15, 0.2) is 0 Å². The van der Waals surface area contributed by atoms with Crippen LogP contribution in [0.25, 0.3) is 11.0 Å². The number of hydrogen-bond acceptors (Lipinski definition) is 1. The highest BCUT2D eigenvalue weighted by molar-refractivity contribution is 9.08. The Morgan fingerprint density at radius 2 is 2.21 bits per heavy atom. The van der Waals surface area contributed by atoms with Gasteiger partial charge in [0, 0.05) is 10.9 Å². The van der Waals surface area contributed by atoms with E-state index in [2.05, 4.69) is 25.9 Å². The standard InChI is InChI=1S/C9H7BrF2N2/c10-3-6-1-5(9(11)12)2-7-8(6)14-4-13-7/h1-2,4,9H,3H2,(H,13,14). The van der Waals surface area contributed by atoms with Crippen LogP contribution in [-0.2, 0) is 5.33 Å². The second-order valence-corrected chi connectivity index (χ2v) is 3.47. The van der Waals surface area contributed by atoms with Crippen LogP contribution in [0.1, 0.15) is 17.6 Å². The molecule has 2 nitrogen and oxygen atoms in total. The highest BCUT2D eigenvalue weighted by Crippen LogP contribution is 2.26. The van der Waals surface area contributed by atoms with Gasteiger partial charge in [-0.3, -0.25) is 0 Å². The summed E-state index contributed by atoms with van der Waals surface area (Å²) in [6.45, 7) is 0. The van der Waals surface area contributed by atoms with Crippen molar-refractivity contribution in [1.29, 1.82) is 0 Å². The highest BCUT2D eigenvalue weighted by atomic mass is 79.9. The number of fused-ring (bicyclic) bond motifs is 1. The molecule has 0 amide bonds. The summed E-state index contributed by atoms with van der Waals surface area (Å²) < 4.78 is 24.9. The van der Waals surface area contributed by atoms with Gasteiger partial charge in [0.05, 0.1) is 17.4 Å². The van der Waals surface area contributed by atoms with Crippen LogP contribution >= 0.6 is 15.9 Å². The summed E-state index contributed by atoms with van der Waals surface area (Å²) in [6.07, 6.45) is -0.938. The molecular formula is C9H7BrF2N2. The first-order valence-corrected chi connectivity index (χ1v) is 5.14. The van der Waals surface area contributed by atoms with Crippen molar-refractivity contribution in [1.82, 2.24) is 9.97 Å². The van der Waals surface area contributed by atoms with Crippen LogP contribution in [0.5, 0.6) is 0 Å². The van der Waals surface area contributed by atoms with Crippen LogP contribution in [0.15, 0.2) is 18.5 Å². The highest BCUT2D eigenvalue weighted by Gasteiger charge is 2.11. The Morgan fingerprint density at radius 1 is 1.43 bits per heavy atom. The topological polar surface area (TPSA) is 28.7 Å². The number of halogens is 3. The first-order chi connectivity index (χ1) is 6.72. The molecular weight excluding hydrogens is 254 g/mol. The Morgan fingerprint density at radius 3 is 2.86 bits per heavy atom. The molecule has 0 aliphatic rings. The van der Waals surface area contributed by atoms with E-state index in [1.54, 1.807) is 0 Å². The molecule has 0 saturated carbocycles. The molecule has 1 aromatic carbocycles. The number of H-pyrrole nitrogens is 1. The molecule has 0 radical (unpaired) electrons. The van der Waals surface area contributed by atoms with Gasteiger partial charge in [-0.25, -0.2) is 13.8 Å². The van der Waals surface area contributed by atoms with Gasteiger partial charge in [0.1, 0.15) is 0 Å². The number of aromatic nitrogens is 2. The van der Waals surface area contributed by atoms with E-state index >= 15 is 0 Å². The minimum atomic E-state index is -2.44. The minimum Gasteiger partial charge on any atom is -0.345 e. The van der Waals surface area contributed by atoms with Crippen LogP contribution in [0, 0.1) is 0 Å². The van der Waals surface area contributed by atoms with Crippen LogP contribution in [-0.4, -0.2) is 9.97 Å². The number of alkyl halides is 3. The number of hydrogen-bond donors (Lipinski definition) is 1. The van der Waals surface area contributed by atoms with E-state index in [4.69, 9.17) is 0 Å². The Hall–Kier alpha value is -0.970. The van der Waals surface area contributed by atoms with Crippen LogP contribution in [0.3, 0.4) is 0 Å². The fourth-order valence-electron chi connectivity index (χ4n) is 1.38. The lowest BCUT2D eigenvalue weighted by molar-refractivity contribution is 0.151. The third kappa shape index (κ3) is 1.52. The Bertz CT molecular complexity index is 453. The fraction of sp³-hybridized carbons (Fsp3) is 0.222. The van der Waals surface area contributed by atoms with Crippen molar-refractivity contribution in [3.05, 3.63) is 29.6 Å². The Balaban J connectivity index is 2.67. The van der Waals surface area contributed by atoms with E-state index in [1.165, 1.54) is 18.5 Å². The summed E-state index contributed by atoms with van der Waals surface area (Å²) in [5, 5.41) is 0.523. The molecule has 0 bridgehead atoms. The van der Waals surface area contributed by atoms with Gasteiger partial charge in [0.2, 0.25) is 0 Å². The Labute approximate surface area is 87.5 Å². The quantitative estimate of drug-likeness (QED) is 0.824. The normalized spacial score (nSPS) is 11.4. The summed E-state index contributed by atoms with van der Waals surface area (Å²) in [5.74, 6) is 0. The first-order valence-electron chi connectivity index (χ1n) is 4.02. The van der Waals surface area contributed by atoms with Crippen molar-refractivity contribution < 1.29 is 8.78 Å². The number of imidazole rings is 1. The molecule has 14 heavy (non-hydrogen) atoms. The number of nitrogens with zero attached hydrogens (tertiary/aromatic N) is 1. The SMILES string of the molecule is FC(F)c1cc(CBr)c2nc[nH]c2c1. The van der Waals surface area contributed by atoms with Crippen molar-refractivity contribution in [3.63, 3.8) is 0 Å². The summed E-state index contributed by atoms with van der Waals surface area (Å²) in [7, 11) is 0. The molecule has 1 heterocycles. The van der Waals surface area contributed by atoms with E-state index in [0.29, 0.717) is 10.8 Å². The lowest BCUT2D eigenvalue weighted by atomic mass is 10.1. The zero-order valence-corrected chi connectivity index (χ0v) is 8.68. The van der Waals surface area contributed by atoms with Crippen molar-refractivity contribution in [2.45, 2.75) is 11.8 Å². The van der Waals surface area contributed by atoms with Crippen molar-refractivity contribution >= 4 is 27.0 Å². The van der Waals surface area contributed by atoms with Crippen LogP contribution < -0.4 is 0 Å². The van der Waals surface area contributed by atoms with Gasteiger partial charge in [-0.05, 0) is 17.7 Å². The first kappa shape index (κ1) is 9.58. The van der Waals surface area contributed by atoms with Gasteiger partial charge >= 0.3 is 0 Å². The van der Waals surface area contributed by atoms with Crippen molar-refractivity contribution in [3.8, 4) is 0 Å². The van der Waals surface area contributed by atoms with Crippen LogP contribution in [0.4, 0.5) is 8.78 Å². The second-order valence-electron chi connectivity index (χ2n) is 2.91. The summed E-state index contributed by atoms with van der Waals surface area (Å²) >= 11 is 3.25. The lowest BCUT2D eigenvalue weighted by Gasteiger charge is -2.03. The van der Waals surface area contributed by atoms with E-state index in [0.717, 1.165) is 11.1 Å². The minimum absolute atomic E-state index is 0.0243. The van der Waals surface area contributed by atoms with E-state index < -0.39 is 6.43 Å². The number of benzene rings is 1. The van der Waals surface area contributed by atoms with Crippen molar-refractivity contribution in [2.24, 2.45) is 0 Å². The molecule has 2 aromatic rings. The van der Waals surface area contributed by atoms with Gasteiger partial charge in [-0.2, -0.15) is 0 Å². The second kappa shape index (κ2) is 3.65. The lowest BCUT2D eigenvalue weighted by Crippen LogP contribution is -1.89. The molecule has 74 valence electrons. The smallest absolute Gasteiger partial charge is 0.263 e. The summed E-state index contributed by atoms with van der Waals surface area (Å²) in [4.78, 5) is 6.88. The predicted molar refractivity (Wildman–Crippen MR) is 53.7 cm³/mol. The molecule has 0 aliphatic carbocycles. The van der Waals surface area contributed by atoms with E-state index in [9.17, 15) is 8.78 Å². The number of rotatable bonds is 2. The molecule has 0 spiro atoms. The van der Waals surface area contributed by atoms with Crippen LogP contribution in [0.2, 0.25) is 0 Å². The molecule has 0 unspecified atom stereocenters. The maximum atomic E-state index is 12.5. The van der Waals surface area contributed by atoms with Gasteiger partial charge in [-0.1, -0.05) is 15.9 Å². The maximum absolute atomic E-state index is 12.5. The largest absolute Gasteiger partial charge is 0.345 e. The van der Waals surface area contributed by atoms with Gasteiger partial charge in [0.25, 0.3) is 6.43 Å². The third-order valence-corrected chi connectivity index (χ3v) is 2.62. The van der Waals surface area contributed by atoms with E-state index in [-0.39, 0.29) is 5.56 Å². The molecule has 1 N–H and O–H groups in total.